The Bertz CT molecular complexity index is 172. The summed E-state index contributed by atoms with van der Waals surface area (Å²) < 4.78 is 22.0. The summed E-state index contributed by atoms with van der Waals surface area (Å²) in [5.74, 6) is 0.742. The van der Waals surface area contributed by atoms with Gasteiger partial charge in [-0.25, -0.2) is 0 Å². The van der Waals surface area contributed by atoms with Crippen LogP contribution >= 0.6 is 0 Å². The molecule has 0 aliphatic carbocycles. The molecule has 3 nitrogen and oxygen atoms in total. The molecule has 0 aromatic carbocycles. The Morgan fingerprint density at radius 1 is 1.62 bits per heavy atom. The van der Waals surface area contributed by atoms with Crippen LogP contribution < -0.4 is 0 Å². The monoisotopic (exact) mass is 206 g/mol. The quantitative estimate of drug-likeness (QED) is 0.628. The van der Waals surface area contributed by atoms with Crippen molar-refractivity contribution >= 4 is 10.8 Å². The normalized spacial score (nSPS) is 30.6. The Morgan fingerprint density at radius 2 is 2.38 bits per heavy atom. The van der Waals surface area contributed by atoms with E-state index in [2.05, 4.69) is 0 Å². The van der Waals surface area contributed by atoms with Crippen molar-refractivity contribution in [2.24, 2.45) is 0 Å². The molecule has 0 N–H and O–H groups in total. The second-order valence-electron chi connectivity index (χ2n) is 3.33. The fraction of sp³-hybridized carbons (Fsp3) is 1.00. The summed E-state index contributed by atoms with van der Waals surface area (Å²) in [4.78, 5) is 0. The van der Waals surface area contributed by atoms with E-state index in [1.165, 1.54) is 0 Å². The van der Waals surface area contributed by atoms with Gasteiger partial charge in [0, 0.05) is 36.9 Å². The van der Waals surface area contributed by atoms with Crippen molar-refractivity contribution in [1.29, 1.82) is 0 Å². The van der Waals surface area contributed by atoms with Gasteiger partial charge >= 0.3 is 0 Å². The average molecular weight is 206 g/mol. The molecule has 1 heterocycles. The zero-order chi connectivity index (χ0) is 9.68. The fourth-order valence-electron chi connectivity index (χ4n) is 1.55. The van der Waals surface area contributed by atoms with Gasteiger partial charge < -0.3 is 9.47 Å². The summed E-state index contributed by atoms with van der Waals surface area (Å²) in [6.45, 7) is 3.47. The molecular weight excluding hydrogens is 188 g/mol. The first kappa shape index (κ1) is 11.1. The van der Waals surface area contributed by atoms with Gasteiger partial charge in [0.15, 0.2) is 0 Å². The molecule has 0 radical (unpaired) electrons. The molecule has 0 amide bonds. The molecular formula is C9H18O3S. The van der Waals surface area contributed by atoms with E-state index in [0.717, 1.165) is 25.2 Å². The Morgan fingerprint density at radius 3 is 2.92 bits per heavy atom. The lowest BCUT2D eigenvalue weighted by Crippen LogP contribution is -2.25. The smallest absolute Gasteiger partial charge is 0.0691 e. The van der Waals surface area contributed by atoms with E-state index < -0.39 is 10.8 Å². The van der Waals surface area contributed by atoms with Crippen molar-refractivity contribution in [3.63, 3.8) is 0 Å². The predicted molar refractivity (Wildman–Crippen MR) is 53.3 cm³/mol. The highest BCUT2D eigenvalue weighted by Gasteiger charge is 2.28. The maximum atomic E-state index is 11.7. The van der Waals surface area contributed by atoms with Gasteiger partial charge in [-0.1, -0.05) is 0 Å². The Hall–Kier alpha value is 0.0700. The molecule has 1 saturated heterocycles. The second kappa shape index (κ2) is 5.73. The van der Waals surface area contributed by atoms with Crippen molar-refractivity contribution in [1.82, 2.24) is 0 Å². The molecule has 4 heteroatoms. The van der Waals surface area contributed by atoms with Gasteiger partial charge in [0.2, 0.25) is 0 Å². The van der Waals surface area contributed by atoms with E-state index in [0.29, 0.717) is 6.61 Å². The predicted octanol–water partition coefficient (Wildman–Crippen LogP) is 0.949. The summed E-state index contributed by atoms with van der Waals surface area (Å²) in [7, 11) is 0.939. The van der Waals surface area contributed by atoms with Crippen LogP contribution in [0.25, 0.3) is 0 Å². The van der Waals surface area contributed by atoms with E-state index in [1.54, 1.807) is 7.11 Å². The minimum atomic E-state index is -0.732. The molecule has 0 aromatic heterocycles. The average Bonchev–Trinajstić information content (AvgIpc) is 2.52. The van der Waals surface area contributed by atoms with E-state index in [-0.39, 0.29) is 11.4 Å². The minimum Gasteiger partial charge on any atom is -0.385 e. The van der Waals surface area contributed by atoms with Gasteiger partial charge in [-0.3, -0.25) is 4.21 Å². The molecule has 78 valence electrons. The molecule has 0 bridgehead atoms. The standard InChI is InChI=1S/C9H18O3S/c1-8-9(4-6-12-8)13(10)7-3-5-11-2/h8-9H,3-7H2,1-2H3/t8-,9-,13-/m1/s1. The zero-order valence-corrected chi connectivity index (χ0v) is 9.14. The number of methoxy groups -OCH3 is 1. The molecule has 1 fully saturated rings. The Balaban J connectivity index is 2.22. The van der Waals surface area contributed by atoms with Gasteiger partial charge in [0.25, 0.3) is 0 Å². The Kier molecular flexibility index (Phi) is 4.91. The molecule has 1 aliphatic heterocycles. The van der Waals surface area contributed by atoms with Crippen LogP contribution in [0.15, 0.2) is 0 Å². The summed E-state index contributed by atoms with van der Waals surface area (Å²) >= 11 is 0. The van der Waals surface area contributed by atoms with Gasteiger partial charge in [-0.05, 0) is 19.8 Å². The van der Waals surface area contributed by atoms with Gasteiger partial charge in [0.1, 0.15) is 0 Å². The van der Waals surface area contributed by atoms with E-state index >= 15 is 0 Å². The zero-order valence-electron chi connectivity index (χ0n) is 8.32. The van der Waals surface area contributed by atoms with Gasteiger partial charge in [-0.2, -0.15) is 0 Å². The largest absolute Gasteiger partial charge is 0.385 e. The van der Waals surface area contributed by atoms with Crippen molar-refractivity contribution < 1.29 is 13.7 Å². The number of hydrogen-bond acceptors (Lipinski definition) is 3. The van der Waals surface area contributed by atoms with E-state index in [9.17, 15) is 4.21 Å². The highest BCUT2D eigenvalue weighted by molar-refractivity contribution is 7.85. The number of rotatable bonds is 5. The third kappa shape index (κ3) is 3.37. The van der Waals surface area contributed by atoms with Crippen LogP contribution in [-0.4, -0.2) is 41.6 Å². The van der Waals surface area contributed by atoms with Crippen molar-refractivity contribution in [2.45, 2.75) is 31.1 Å². The fourth-order valence-corrected chi connectivity index (χ4v) is 3.12. The summed E-state index contributed by atoms with van der Waals surface area (Å²) in [6.07, 6.45) is 2.00. The van der Waals surface area contributed by atoms with E-state index in [4.69, 9.17) is 9.47 Å². The molecule has 1 rings (SSSR count). The van der Waals surface area contributed by atoms with Crippen molar-refractivity contribution in [2.75, 3.05) is 26.1 Å². The topological polar surface area (TPSA) is 35.5 Å². The SMILES string of the molecule is COCCC[S@@](=O)[C@@H]1CCO[C@@H]1C. The molecule has 1 aliphatic rings. The third-order valence-corrected chi connectivity index (χ3v) is 4.32. The van der Waals surface area contributed by atoms with Crippen LogP contribution in [0.5, 0.6) is 0 Å². The number of ether oxygens (including phenoxy) is 2. The van der Waals surface area contributed by atoms with Gasteiger partial charge in [-0.15, -0.1) is 0 Å². The van der Waals surface area contributed by atoms with Crippen molar-refractivity contribution in [3.05, 3.63) is 0 Å². The molecule has 13 heavy (non-hydrogen) atoms. The van der Waals surface area contributed by atoms with Crippen molar-refractivity contribution in [3.8, 4) is 0 Å². The first-order valence-corrected chi connectivity index (χ1v) is 6.11. The van der Waals surface area contributed by atoms with Crippen LogP contribution in [0.3, 0.4) is 0 Å². The van der Waals surface area contributed by atoms with Crippen LogP contribution in [-0.2, 0) is 20.3 Å². The highest BCUT2D eigenvalue weighted by Crippen LogP contribution is 2.19. The summed E-state index contributed by atoms with van der Waals surface area (Å²) in [6, 6.07) is 0. The lowest BCUT2D eigenvalue weighted by atomic mass is 10.3. The number of hydrogen-bond donors (Lipinski definition) is 0. The molecule has 3 atom stereocenters. The molecule has 0 aromatic rings. The van der Waals surface area contributed by atoms with Crippen LogP contribution in [0.1, 0.15) is 19.8 Å². The maximum Gasteiger partial charge on any atom is 0.0691 e. The lowest BCUT2D eigenvalue weighted by molar-refractivity contribution is 0.127. The van der Waals surface area contributed by atoms with E-state index in [1.807, 2.05) is 6.92 Å². The van der Waals surface area contributed by atoms with Gasteiger partial charge in [0.05, 0.1) is 11.4 Å². The van der Waals surface area contributed by atoms with Crippen LogP contribution in [0, 0.1) is 0 Å². The molecule has 0 saturated carbocycles. The second-order valence-corrected chi connectivity index (χ2v) is 5.11. The summed E-state index contributed by atoms with van der Waals surface area (Å²) in [5.41, 5.74) is 0. The maximum absolute atomic E-state index is 11.7. The summed E-state index contributed by atoms with van der Waals surface area (Å²) in [5, 5.41) is 0.247. The first-order valence-electron chi connectivity index (χ1n) is 4.73. The van der Waals surface area contributed by atoms with Crippen LogP contribution in [0.4, 0.5) is 0 Å². The molecule has 0 unspecified atom stereocenters. The lowest BCUT2D eigenvalue weighted by Gasteiger charge is -2.13. The highest BCUT2D eigenvalue weighted by atomic mass is 32.2. The minimum absolute atomic E-state index is 0.170. The third-order valence-electron chi connectivity index (χ3n) is 2.34. The first-order chi connectivity index (χ1) is 6.25. The molecule has 0 spiro atoms. The Labute approximate surface area is 82.3 Å². The van der Waals surface area contributed by atoms with Crippen LogP contribution in [0.2, 0.25) is 0 Å².